The Balaban J connectivity index is 1.25. The lowest BCUT2D eigenvalue weighted by atomic mass is 9.80. The van der Waals surface area contributed by atoms with Crippen LogP contribution in [-0.2, 0) is 4.79 Å². The number of nitrogens with zero attached hydrogens (tertiary/aromatic N) is 1. The number of ketones is 1. The number of hydrogen-bond acceptors (Lipinski definition) is 3. The van der Waals surface area contributed by atoms with Gasteiger partial charge in [-0.05, 0) is 68.2 Å². The molecule has 5 nitrogen and oxygen atoms in total. The molecule has 3 fully saturated rings. The Morgan fingerprint density at radius 2 is 1.56 bits per heavy atom. The maximum Gasteiger partial charge on any atom is 0.254 e. The van der Waals surface area contributed by atoms with Crippen molar-refractivity contribution in [1.29, 1.82) is 0 Å². The van der Waals surface area contributed by atoms with E-state index in [0.717, 1.165) is 37.8 Å². The van der Waals surface area contributed by atoms with Crippen LogP contribution >= 0.6 is 11.6 Å². The standard InChI is InChI=1S/C31H27ClF2N2O3/c32-23-16-24(33)22(15-25(23)34)28(17-9-10-17)35-30(38)27-14-19-11-12-26(19)36(27)31(39)21-8-4-7-20(13-21)29(37)18-5-2-1-3-6-18/h1-8,13,15-17,19,26-28H,9-12,14H2,(H,35,38)/t19-,26-,27-,28-/m1/s1. The van der Waals surface area contributed by atoms with Crippen LogP contribution in [0.2, 0.25) is 5.02 Å². The zero-order valence-corrected chi connectivity index (χ0v) is 21.8. The number of carbonyl (C=O) groups is 3. The van der Waals surface area contributed by atoms with Crippen molar-refractivity contribution in [3.63, 3.8) is 0 Å². The van der Waals surface area contributed by atoms with Crippen LogP contribution < -0.4 is 5.32 Å². The van der Waals surface area contributed by atoms with Gasteiger partial charge in [-0.1, -0.05) is 54.1 Å². The van der Waals surface area contributed by atoms with Crippen LogP contribution in [0.3, 0.4) is 0 Å². The third kappa shape index (κ3) is 4.84. The van der Waals surface area contributed by atoms with E-state index in [0.29, 0.717) is 23.1 Å². The third-order valence-corrected chi connectivity index (χ3v) is 8.60. The van der Waals surface area contributed by atoms with Gasteiger partial charge in [-0.25, -0.2) is 8.78 Å². The second-order valence-electron chi connectivity index (χ2n) is 10.8. The SMILES string of the molecule is O=C(c1ccccc1)c1cccc(C(=O)N2[C@@H](C(=O)N[C@@H](c3cc(F)c(Cl)cc3F)C3CC3)C[C@H]3CC[C@H]32)c1. The van der Waals surface area contributed by atoms with Crippen LogP contribution in [0.25, 0.3) is 0 Å². The molecule has 3 aliphatic rings. The van der Waals surface area contributed by atoms with Crippen molar-refractivity contribution in [2.45, 2.75) is 50.2 Å². The molecule has 0 bridgehead atoms. The van der Waals surface area contributed by atoms with Crippen LogP contribution in [0.4, 0.5) is 8.78 Å². The van der Waals surface area contributed by atoms with Gasteiger partial charge in [0.25, 0.3) is 5.91 Å². The summed E-state index contributed by atoms with van der Waals surface area (Å²) >= 11 is 5.74. The van der Waals surface area contributed by atoms with Crippen LogP contribution in [0.5, 0.6) is 0 Å². The van der Waals surface area contributed by atoms with E-state index in [1.54, 1.807) is 53.4 Å². The van der Waals surface area contributed by atoms with Gasteiger partial charge in [0.2, 0.25) is 5.91 Å². The Labute approximate surface area is 230 Å². The predicted octanol–water partition coefficient (Wildman–Crippen LogP) is 6.11. The molecule has 3 aromatic rings. The monoisotopic (exact) mass is 548 g/mol. The first-order valence-corrected chi connectivity index (χ1v) is 13.7. The van der Waals surface area contributed by atoms with Gasteiger partial charge in [-0.15, -0.1) is 0 Å². The molecule has 4 atom stereocenters. The smallest absolute Gasteiger partial charge is 0.254 e. The maximum atomic E-state index is 14.8. The molecule has 1 N–H and O–H groups in total. The minimum atomic E-state index is -0.742. The van der Waals surface area contributed by atoms with Crippen molar-refractivity contribution in [1.82, 2.24) is 10.2 Å². The molecule has 0 radical (unpaired) electrons. The topological polar surface area (TPSA) is 66.5 Å². The molecule has 2 saturated carbocycles. The molecule has 1 heterocycles. The van der Waals surface area contributed by atoms with Gasteiger partial charge in [-0.2, -0.15) is 0 Å². The Hall–Kier alpha value is -3.58. The largest absolute Gasteiger partial charge is 0.347 e. The molecular weight excluding hydrogens is 522 g/mol. The van der Waals surface area contributed by atoms with Gasteiger partial charge in [-0.3, -0.25) is 14.4 Å². The van der Waals surface area contributed by atoms with E-state index in [2.05, 4.69) is 5.32 Å². The van der Waals surface area contributed by atoms with Gasteiger partial charge in [0.1, 0.15) is 17.7 Å². The second-order valence-corrected chi connectivity index (χ2v) is 11.2. The van der Waals surface area contributed by atoms with E-state index in [1.165, 1.54) is 0 Å². The molecule has 200 valence electrons. The maximum absolute atomic E-state index is 14.8. The highest BCUT2D eigenvalue weighted by molar-refractivity contribution is 6.30. The zero-order valence-electron chi connectivity index (χ0n) is 21.1. The van der Waals surface area contributed by atoms with Crippen LogP contribution in [0, 0.1) is 23.5 Å². The number of likely N-dealkylation sites (tertiary alicyclic amines) is 1. The van der Waals surface area contributed by atoms with E-state index in [9.17, 15) is 23.2 Å². The summed E-state index contributed by atoms with van der Waals surface area (Å²) in [5, 5.41) is 2.63. The molecule has 0 unspecified atom stereocenters. The molecule has 6 rings (SSSR count). The summed E-state index contributed by atoms with van der Waals surface area (Å²) in [5.74, 6) is -2.08. The minimum Gasteiger partial charge on any atom is -0.347 e. The highest BCUT2D eigenvalue weighted by atomic mass is 35.5. The lowest BCUT2D eigenvalue weighted by molar-refractivity contribution is -0.126. The van der Waals surface area contributed by atoms with Crippen LogP contribution in [0.15, 0.2) is 66.7 Å². The average molecular weight is 549 g/mol. The summed E-state index contributed by atoms with van der Waals surface area (Å²) in [4.78, 5) is 42.1. The summed E-state index contributed by atoms with van der Waals surface area (Å²) in [5.41, 5.74) is 1.33. The lowest BCUT2D eigenvalue weighted by Gasteiger charge is -2.37. The first kappa shape index (κ1) is 25.7. The van der Waals surface area contributed by atoms with Crippen molar-refractivity contribution in [3.05, 3.63) is 106 Å². The Morgan fingerprint density at radius 1 is 0.846 bits per heavy atom. The number of halogens is 3. The third-order valence-electron chi connectivity index (χ3n) is 8.31. The fourth-order valence-electron chi connectivity index (χ4n) is 5.95. The predicted molar refractivity (Wildman–Crippen MR) is 142 cm³/mol. The number of hydrogen-bond donors (Lipinski definition) is 1. The summed E-state index contributed by atoms with van der Waals surface area (Å²) < 4.78 is 29.0. The van der Waals surface area contributed by atoms with E-state index in [-0.39, 0.29) is 46.1 Å². The molecule has 2 aliphatic carbocycles. The molecule has 0 aromatic heterocycles. The fourth-order valence-corrected chi connectivity index (χ4v) is 6.10. The Kier molecular flexibility index (Phi) is 6.71. The van der Waals surface area contributed by atoms with Crippen LogP contribution in [-0.4, -0.2) is 34.6 Å². The highest BCUT2D eigenvalue weighted by Gasteiger charge is 2.52. The molecule has 0 spiro atoms. The first-order valence-electron chi connectivity index (χ1n) is 13.3. The van der Waals surface area contributed by atoms with Gasteiger partial charge in [0.15, 0.2) is 5.78 Å². The van der Waals surface area contributed by atoms with Crippen molar-refractivity contribution < 1.29 is 23.2 Å². The van der Waals surface area contributed by atoms with Gasteiger partial charge in [0.05, 0.1) is 11.1 Å². The molecule has 1 aliphatic heterocycles. The number of amides is 2. The number of carbonyl (C=O) groups excluding carboxylic acids is 3. The van der Waals surface area contributed by atoms with Gasteiger partial charge in [0, 0.05) is 28.3 Å². The molecule has 2 amide bonds. The number of nitrogens with one attached hydrogen (secondary N) is 1. The quantitative estimate of drug-likeness (QED) is 0.286. The lowest BCUT2D eigenvalue weighted by Crippen LogP contribution is -2.51. The highest BCUT2D eigenvalue weighted by Crippen LogP contribution is 2.46. The van der Waals surface area contributed by atoms with Crippen molar-refractivity contribution in [2.75, 3.05) is 0 Å². The van der Waals surface area contributed by atoms with Gasteiger partial charge >= 0.3 is 0 Å². The molecule has 8 heteroatoms. The number of rotatable bonds is 7. The van der Waals surface area contributed by atoms with Gasteiger partial charge < -0.3 is 10.2 Å². The van der Waals surface area contributed by atoms with Crippen molar-refractivity contribution in [3.8, 4) is 0 Å². The fraction of sp³-hybridized carbons (Fsp3) is 0.323. The van der Waals surface area contributed by atoms with E-state index in [4.69, 9.17) is 11.6 Å². The molecule has 39 heavy (non-hydrogen) atoms. The molecular formula is C31H27ClF2N2O3. The molecule has 3 aromatic carbocycles. The Morgan fingerprint density at radius 3 is 2.26 bits per heavy atom. The Bertz CT molecular complexity index is 1460. The summed E-state index contributed by atoms with van der Waals surface area (Å²) in [6.07, 6.45) is 3.81. The van der Waals surface area contributed by atoms with Crippen molar-refractivity contribution >= 4 is 29.2 Å². The summed E-state index contributed by atoms with van der Waals surface area (Å²) in [6, 6.07) is 15.9. The zero-order chi connectivity index (χ0) is 27.3. The summed E-state index contributed by atoms with van der Waals surface area (Å²) in [6.45, 7) is 0. The first-order chi connectivity index (χ1) is 18.8. The summed E-state index contributed by atoms with van der Waals surface area (Å²) in [7, 11) is 0. The molecule has 1 saturated heterocycles. The second kappa shape index (κ2) is 10.2. The normalized spacial score (nSPS) is 22.5. The van der Waals surface area contributed by atoms with E-state index in [1.807, 2.05) is 6.07 Å². The number of benzene rings is 3. The number of fused-ring (bicyclic) bond motifs is 1. The minimum absolute atomic E-state index is 0.00742. The van der Waals surface area contributed by atoms with E-state index < -0.39 is 23.7 Å². The van der Waals surface area contributed by atoms with Crippen LogP contribution in [0.1, 0.15) is 70.0 Å². The average Bonchev–Trinajstić information content (AvgIpc) is 3.74. The van der Waals surface area contributed by atoms with Crippen molar-refractivity contribution in [2.24, 2.45) is 11.8 Å². The van der Waals surface area contributed by atoms with E-state index >= 15 is 0 Å².